The molecule has 1 unspecified atom stereocenters. The van der Waals surface area contributed by atoms with E-state index in [9.17, 15) is 0 Å². The van der Waals surface area contributed by atoms with Crippen LogP contribution in [0.1, 0.15) is 30.7 Å². The van der Waals surface area contributed by atoms with Crippen molar-refractivity contribution in [2.75, 3.05) is 5.73 Å². The maximum Gasteiger partial charge on any atom is 0.115 e. The number of nitrogens with two attached hydrogens (primary N) is 1. The highest BCUT2D eigenvalue weighted by atomic mass is 32.1. The smallest absolute Gasteiger partial charge is 0.115 e. The zero-order chi connectivity index (χ0) is 13.4. The first-order chi connectivity index (χ1) is 9.20. The van der Waals surface area contributed by atoms with Gasteiger partial charge in [-0.2, -0.15) is 0 Å². The van der Waals surface area contributed by atoms with E-state index in [2.05, 4.69) is 28.4 Å². The highest BCUT2D eigenvalue weighted by Gasteiger charge is 2.17. The number of thiazole rings is 1. The van der Waals surface area contributed by atoms with E-state index in [-0.39, 0.29) is 6.04 Å². The highest BCUT2D eigenvalue weighted by molar-refractivity contribution is 7.09. The first-order valence-electron chi connectivity index (χ1n) is 6.36. The van der Waals surface area contributed by atoms with Gasteiger partial charge < -0.3 is 10.3 Å². The molecule has 0 fully saturated rings. The van der Waals surface area contributed by atoms with Gasteiger partial charge in [-0.15, -0.1) is 11.3 Å². The van der Waals surface area contributed by atoms with Crippen LogP contribution in [0.3, 0.4) is 0 Å². The third-order valence-corrected chi connectivity index (χ3v) is 4.24. The molecule has 0 aliphatic rings. The minimum absolute atomic E-state index is 0.198. The average Bonchev–Trinajstić information content (AvgIpc) is 3.04. The molecule has 5 heteroatoms. The Bertz CT molecular complexity index is 700. The Morgan fingerprint density at radius 3 is 2.95 bits per heavy atom. The van der Waals surface area contributed by atoms with Gasteiger partial charge in [0.1, 0.15) is 10.8 Å². The zero-order valence-corrected chi connectivity index (χ0v) is 11.8. The minimum Gasteiger partial charge on any atom is -0.399 e. The number of hydrogen-bond acceptors (Lipinski definition) is 4. The second-order valence-corrected chi connectivity index (χ2v) is 5.47. The van der Waals surface area contributed by atoms with Gasteiger partial charge in [-0.1, -0.05) is 6.92 Å². The van der Waals surface area contributed by atoms with Gasteiger partial charge >= 0.3 is 0 Å². The zero-order valence-electron chi connectivity index (χ0n) is 11.0. The van der Waals surface area contributed by atoms with Crippen molar-refractivity contribution < 1.29 is 0 Å². The summed E-state index contributed by atoms with van der Waals surface area (Å²) in [6.45, 7) is 4.28. The largest absolute Gasteiger partial charge is 0.399 e. The summed E-state index contributed by atoms with van der Waals surface area (Å²) in [6.07, 6.45) is 2.74. The number of imidazole rings is 1. The van der Waals surface area contributed by atoms with Gasteiger partial charge in [0.25, 0.3) is 0 Å². The summed E-state index contributed by atoms with van der Waals surface area (Å²) in [4.78, 5) is 9.10. The lowest BCUT2D eigenvalue weighted by Gasteiger charge is -2.14. The van der Waals surface area contributed by atoms with Crippen molar-refractivity contribution in [3.63, 3.8) is 0 Å². The monoisotopic (exact) mass is 272 g/mol. The summed E-state index contributed by atoms with van der Waals surface area (Å²) < 4.78 is 2.26. The van der Waals surface area contributed by atoms with E-state index in [0.717, 1.165) is 34.0 Å². The average molecular weight is 272 g/mol. The molecular formula is C14H16N4S. The Morgan fingerprint density at radius 1 is 1.42 bits per heavy atom. The lowest BCUT2D eigenvalue weighted by Crippen LogP contribution is -2.10. The Kier molecular flexibility index (Phi) is 2.98. The molecule has 0 bridgehead atoms. The normalized spacial score (nSPS) is 12.9. The quantitative estimate of drug-likeness (QED) is 0.745. The van der Waals surface area contributed by atoms with Crippen LogP contribution in [0.5, 0.6) is 0 Å². The Balaban J connectivity index is 2.21. The Labute approximate surface area is 115 Å². The fraction of sp³-hybridized carbons (Fsp3) is 0.286. The number of anilines is 1. The number of nitrogen functional groups attached to an aromatic ring is 1. The fourth-order valence-electron chi connectivity index (χ4n) is 2.40. The van der Waals surface area contributed by atoms with Crippen LogP contribution in [0.25, 0.3) is 11.0 Å². The van der Waals surface area contributed by atoms with E-state index in [0.29, 0.717) is 0 Å². The number of rotatable bonds is 3. The summed E-state index contributed by atoms with van der Waals surface area (Å²) in [5.41, 5.74) is 8.67. The van der Waals surface area contributed by atoms with Gasteiger partial charge in [0.2, 0.25) is 0 Å². The van der Waals surface area contributed by atoms with Gasteiger partial charge in [0, 0.05) is 23.7 Å². The van der Waals surface area contributed by atoms with Crippen molar-refractivity contribution in [2.45, 2.75) is 26.3 Å². The second-order valence-electron chi connectivity index (χ2n) is 4.55. The second kappa shape index (κ2) is 4.66. The first kappa shape index (κ1) is 12.2. The van der Waals surface area contributed by atoms with E-state index in [1.54, 1.807) is 11.3 Å². The molecule has 19 heavy (non-hydrogen) atoms. The lowest BCUT2D eigenvalue weighted by atomic mass is 10.2. The molecule has 0 aliphatic carbocycles. The van der Waals surface area contributed by atoms with Crippen molar-refractivity contribution in [1.82, 2.24) is 14.5 Å². The van der Waals surface area contributed by atoms with E-state index in [4.69, 9.17) is 5.73 Å². The fourth-order valence-corrected chi connectivity index (χ4v) is 3.08. The predicted molar refractivity (Wildman–Crippen MR) is 79.5 cm³/mol. The maximum atomic E-state index is 5.84. The molecule has 2 heterocycles. The van der Waals surface area contributed by atoms with Gasteiger partial charge in [-0.3, -0.25) is 0 Å². The number of nitrogens with zero attached hydrogens (tertiary/aromatic N) is 3. The molecule has 4 nitrogen and oxygen atoms in total. The summed E-state index contributed by atoms with van der Waals surface area (Å²) in [5.74, 6) is 1.07. The predicted octanol–water partition coefficient (Wildman–Crippen LogP) is 3.25. The Morgan fingerprint density at radius 2 is 2.26 bits per heavy atom. The van der Waals surface area contributed by atoms with E-state index < -0.39 is 0 Å². The number of fused-ring (bicyclic) bond motifs is 1. The molecule has 2 aromatic heterocycles. The summed E-state index contributed by atoms with van der Waals surface area (Å²) in [6, 6.07) is 6.10. The molecule has 0 aliphatic heterocycles. The van der Waals surface area contributed by atoms with Crippen LogP contribution in [0.4, 0.5) is 5.69 Å². The van der Waals surface area contributed by atoms with Gasteiger partial charge in [-0.25, -0.2) is 9.97 Å². The summed E-state index contributed by atoms with van der Waals surface area (Å²) in [5, 5.41) is 3.11. The van der Waals surface area contributed by atoms with Crippen LogP contribution in [-0.4, -0.2) is 14.5 Å². The third kappa shape index (κ3) is 2.00. The molecule has 0 spiro atoms. The van der Waals surface area contributed by atoms with Crippen LogP contribution in [-0.2, 0) is 6.42 Å². The Hall–Kier alpha value is -1.88. The van der Waals surface area contributed by atoms with E-state index in [1.165, 1.54) is 0 Å². The van der Waals surface area contributed by atoms with Gasteiger partial charge in [0.05, 0.1) is 17.1 Å². The molecule has 2 N–H and O–H groups in total. The summed E-state index contributed by atoms with van der Waals surface area (Å²) in [7, 11) is 0. The molecule has 1 aromatic carbocycles. The van der Waals surface area contributed by atoms with E-state index in [1.807, 2.05) is 29.8 Å². The molecule has 3 rings (SSSR count). The summed E-state index contributed by atoms with van der Waals surface area (Å²) >= 11 is 1.68. The van der Waals surface area contributed by atoms with Crippen molar-refractivity contribution in [3.05, 3.63) is 40.6 Å². The van der Waals surface area contributed by atoms with Crippen LogP contribution in [0.15, 0.2) is 29.8 Å². The lowest BCUT2D eigenvalue weighted by molar-refractivity contribution is 0.619. The minimum atomic E-state index is 0.198. The topological polar surface area (TPSA) is 56.7 Å². The van der Waals surface area contributed by atoms with Crippen molar-refractivity contribution in [2.24, 2.45) is 0 Å². The number of aromatic nitrogens is 3. The van der Waals surface area contributed by atoms with Crippen molar-refractivity contribution in [1.29, 1.82) is 0 Å². The molecule has 1 atom stereocenters. The van der Waals surface area contributed by atoms with Gasteiger partial charge in [0.15, 0.2) is 0 Å². The van der Waals surface area contributed by atoms with Crippen LogP contribution in [0, 0.1) is 0 Å². The SMILES string of the molecule is CCc1nc2cc(N)ccc2n1C(C)c1nccs1. The number of aryl methyl sites for hydroxylation is 1. The number of benzene rings is 1. The third-order valence-electron chi connectivity index (χ3n) is 3.30. The standard InChI is InChI=1S/C14H16N4S/c1-3-13-17-11-8-10(15)4-5-12(11)18(13)9(2)14-16-6-7-19-14/h4-9H,3,15H2,1-2H3. The van der Waals surface area contributed by atoms with Crippen LogP contribution < -0.4 is 5.73 Å². The molecular weight excluding hydrogens is 256 g/mol. The molecule has 0 saturated carbocycles. The molecule has 98 valence electrons. The highest BCUT2D eigenvalue weighted by Crippen LogP contribution is 2.28. The van der Waals surface area contributed by atoms with E-state index >= 15 is 0 Å². The molecule has 0 radical (unpaired) electrons. The molecule has 0 saturated heterocycles. The molecule has 0 amide bonds. The number of hydrogen-bond donors (Lipinski definition) is 1. The van der Waals surface area contributed by atoms with Crippen molar-refractivity contribution in [3.8, 4) is 0 Å². The first-order valence-corrected chi connectivity index (χ1v) is 7.24. The van der Waals surface area contributed by atoms with Gasteiger partial charge in [-0.05, 0) is 25.1 Å². The van der Waals surface area contributed by atoms with Crippen LogP contribution in [0.2, 0.25) is 0 Å². The van der Waals surface area contributed by atoms with Crippen LogP contribution >= 0.6 is 11.3 Å². The maximum absolute atomic E-state index is 5.84. The van der Waals surface area contributed by atoms with Crippen molar-refractivity contribution >= 4 is 28.1 Å². The molecule has 3 aromatic rings.